The van der Waals surface area contributed by atoms with Gasteiger partial charge in [-0.05, 0) is 99.0 Å². The second-order valence-electron chi connectivity index (χ2n) is 18.5. The van der Waals surface area contributed by atoms with Gasteiger partial charge in [0.2, 0.25) is 0 Å². The molecule has 322 valence electrons. The predicted molar refractivity (Wildman–Crippen MR) is 264 cm³/mol. The molecule has 2 aromatic heterocycles. The number of hydrogen-bond donors (Lipinski definition) is 1. The summed E-state index contributed by atoms with van der Waals surface area (Å²) in [5.74, 6) is 1.31. The van der Waals surface area contributed by atoms with Crippen LogP contribution in [0.15, 0.2) is 164 Å². The Bertz CT molecular complexity index is 3100. The summed E-state index contributed by atoms with van der Waals surface area (Å²) in [4.78, 5) is 10.5. The molecule has 0 unspecified atom stereocenters. The summed E-state index contributed by atoms with van der Waals surface area (Å²) >= 11 is 0. The van der Waals surface area contributed by atoms with E-state index < -0.39 is 0 Å². The van der Waals surface area contributed by atoms with E-state index in [2.05, 4.69) is 218 Å². The van der Waals surface area contributed by atoms with Crippen LogP contribution >= 0.6 is 0 Å². The Labute approximate surface area is 393 Å². The van der Waals surface area contributed by atoms with Crippen molar-refractivity contribution >= 4 is 11.0 Å². The molecule has 9 aromatic rings. The maximum Gasteiger partial charge on any atom is 0.148 e. The molecule has 0 fully saturated rings. The van der Waals surface area contributed by atoms with Gasteiger partial charge in [0.1, 0.15) is 11.6 Å². The summed E-state index contributed by atoms with van der Waals surface area (Å²) in [7, 11) is 0. The minimum Gasteiger partial charge on any atom is -0.507 e. The number of phenols is 1. The van der Waals surface area contributed by atoms with E-state index in [1.54, 1.807) is 0 Å². The molecule has 0 aliphatic heterocycles. The van der Waals surface area contributed by atoms with Crippen molar-refractivity contribution in [3.8, 4) is 78.6 Å². The van der Waals surface area contributed by atoms with E-state index in [9.17, 15) is 5.11 Å². The molecule has 5 heteroatoms. The van der Waals surface area contributed by atoms with Crippen molar-refractivity contribution < 1.29 is 26.2 Å². The molecule has 0 aliphatic rings. The SMILES string of the molecule is Cc1ccc(-c2ccnc(-c3[c-]c(-c4cccc5c4nc(-c4cc(C(C)C)cc(C(C)C)c4O)n5-c4cc(-c5ccccc5)cc(C(C)(C)C)c4)cc(-c4ccccc4)c3)c2)cc1.[Pt]. The van der Waals surface area contributed by atoms with Crippen LogP contribution in [0.3, 0.4) is 0 Å². The number of phenolic OH excluding ortho intramolecular Hbond substituents is 1. The fourth-order valence-electron chi connectivity index (χ4n) is 8.51. The van der Waals surface area contributed by atoms with E-state index in [0.717, 1.165) is 83.6 Å². The Hall–Kier alpha value is -6.35. The smallest absolute Gasteiger partial charge is 0.148 e. The first kappa shape index (κ1) is 44.3. The number of pyridine rings is 1. The van der Waals surface area contributed by atoms with Gasteiger partial charge >= 0.3 is 0 Å². The largest absolute Gasteiger partial charge is 0.507 e. The average molecular weight is 1020 g/mol. The Morgan fingerprint density at radius 1 is 0.578 bits per heavy atom. The van der Waals surface area contributed by atoms with Gasteiger partial charge in [-0.15, -0.1) is 23.8 Å². The second kappa shape index (κ2) is 18.0. The van der Waals surface area contributed by atoms with Crippen molar-refractivity contribution in [2.45, 2.75) is 72.6 Å². The number of fused-ring (bicyclic) bond motifs is 1. The van der Waals surface area contributed by atoms with Gasteiger partial charge in [-0.25, -0.2) is 4.98 Å². The van der Waals surface area contributed by atoms with Crippen molar-refractivity contribution in [3.05, 3.63) is 192 Å². The number of hydrogen-bond acceptors (Lipinski definition) is 3. The zero-order valence-electron chi connectivity index (χ0n) is 37.8. The van der Waals surface area contributed by atoms with Crippen molar-refractivity contribution in [1.29, 1.82) is 0 Å². The third-order valence-electron chi connectivity index (χ3n) is 12.2. The van der Waals surface area contributed by atoms with Crippen LogP contribution in [0.4, 0.5) is 0 Å². The zero-order valence-corrected chi connectivity index (χ0v) is 40.1. The van der Waals surface area contributed by atoms with Gasteiger partial charge in [0.25, 0.3) is 0 Å². The van der Waals surface area contributed by atoms with Crippen LogP contribution in [0.1, 0.15) is 82.6 Å². The minimum absolute atomic E-state index is 0. The summed E-state index contributed by atoms with van der Waals surface area (Å²) in [5.41, 5.74) is 18.1. The Balaban J connectivity index is 0.00000560. The molecule has 0 aliphatic carbocycles. The molecule has 4 nitrogen and oxygen atoms in total. The van der Waals surface area contributed by atoms with Crippen LogP contribution in [0, 0.1) is 13.0 Å². The molecular weight excluding hydrogens is 962 g/mol. The monoisotopic (exact) mass is 1020 g/mol. The first-order chi connectivity index (χ1) is 30.3. The van der Waals surface area contributed by atoms with Crippen LogP contribution in [-0.2, 0) is 26.5 Å². The van der Waals surface area contributed by atoms with E-state index in [1.807, 2.05) is 12.3 Å². The first-order valence-electron chi connectivity index (χ1n) is 22.1. The molecule has 0 radical (unpaired) electrons. The van der Waals surface area contributed by atoms with Crippen LogP contribution in [0.2, 0.25) is 0 Å². The Morgan fingerprint density at radius 2 is 1.22 bits per heavy atom. The Kier molecular flexibility index (Phi) is 12.5. The molecule has 64 heavy (non-hydrogen) atoms. The topological polar surface area (TPSA) is 50.9 Å². The van der Waals surface area contributed by atoms with Gasteiger partial charge < -0.3 is 5.11 Å². The van der Waals surface area contributed by atoms with Gasteiger partial charge in [-0.1, -0.05) is 186 Å². The third-order valence-corrected chi connectivity index (χ3v) is 12.2. The van der Waals surface area contributed by atoms with Crippen molar-refractivity contribution in [2.24, 2.45) is 0 Å². The van der Waals surface area contributed by atoms with E-state index >= 15 is 0 Å². The summed E-state index contributed by atoms with van der Waals surface area (Å²) < 4.78 is 2.26. The zero-order chi connectivity index (χ0) is 44.0. The van der Waals surface area contributed by atoms with E-state index in [-0.39, 0.29) is 44.1 Å². The van der Waals surface area contributed by atoms with Crippen molar-refractivity contribution in [3.63, 3.8) is 0 Å². The quantitative estimate of drug-likeness (QED) is 0.147. The number of aryl methyl sites for hydroxylation is 1. The van der Waals surface area contributed by atoms with Gasteiger partial charge in [0.05, 0.1) is 16.6 Å². The summed E-state index contributed by atoms with van der Waals surface area (Å²) in [6.45, 7) is 17.6. The molecule has 0 atom stereocenters. The standard InChI is InChI=1S/C59H54N3O.Pt/c1-37(2)44-33-52(38(3)4)57(63)53(34-44)58-61-56-51(20-15-21-55(56)62(58)50-32-46(41-18-13-10-14-19-41)31-49(36-50)59(6,7)8)47-28-45(40-16-11-9-12-17-40)29-48(30-47)54-35-43(26-27-60-54)42-24-22-39(5)23-25-42;/h9-29,31-38,63H,1-8H3;/q-1;. The van der Waals surface area contributed by atoms with E-state index in [0.29, 0.717) is 11.4 Å². The maximum absolute atomic E-state index is 12.3. The number of aromatic hydroxyl groups is 1. The van der Waals surface area contributed by atoms with Gasteiger partial charge in [-0.2, -0.15) is 0 Å². The molecule has 0 saturated carbocycles. The van der Waals surface area contributed by atoms with Gasteiger partial charge in [0.15, 0.2) is 0 Å². The predicted octanol–water partition coefficient (Wildman–Crippen LogP) is 15.8. The number of aromatic nitrogens is 3. The number of nitrogens with zero attached hydrogens (tertiary/aromatic N) is 3. The first-order valence-corrected chi connectivity index (χ1v) is 22.1. The second-order valence-corrected chi connectivity index (χ2v) is 18.5. The minimum atomic E-state index is -0.139. The molecule has 0 bridgehead atoms. The maximum atomic E-state index is 12.3. The number of rotatable bonds is 9. The van der Waals surface area contributed by atoms with E-state index in [4.69, 9.17) is 9.97 Å². The molecule has 0 spiro atoms. The molecule has 0 saturated heterocycles. The number of para-hydroxylation sites is 1. The fraction of sp³-hybridized carbons (Fsp3) is 0.186. The molecule has 7 aromatic carbocycles. The van der Waals surface area contributed by atoms with Gasteiger partial charge in [0, 0.05) is 38.6 Å². The van der Waals surface area contributed by atoms with Crippen LogP contribution < -0.4 is 0 Å². The molecule has 9 rings (SSSR count). The number of benzene rings is 7. The van der Waals surface area contributed by atoms with Crippen LogP contribution in [0.25, 0.3) is 83.9 Å². The summed E-state index contributed by atoms with van der Waals surface area (Å²) in [5, 5.41) is 12.3. The number of imidazole rings is 1. The third kappa shape index (κ3) is 8.77. The normalized spacial score (nSPS) is 11.7. The van der Waals surface area contributed by atoms with Crippen LogP contribution in [0.5, 0.6) is 5.75 Å². The van der Waals surface area contributed by atoms with Crippen molar-refractivity contribution in [1.82, 2.24) is 14.5 Å². The molecule has 0 amide bonds. The Morgan fingerprint density at radius 3 is 1.86 bits per heavy atom. The average Bonchev–Trinajstić information content (AvgIpc) is 3.69. The van der Waals surface area contributed by atoms with Crippen molar-refractivity contribution in [2.75, 3.05) is 0 Å². The van der Waals surface area contributed by atoms with Gasteiger partial charge in [-0.3, -0.25) is 9.55 Å². The molecule has 1 N–H and O–H groups in total. The molecule has 2 heterocycles. The summed E-state index contributed by atoms with van der Waals surface area (Å²) in [6, 6.07) is 59.8. The molecular formula is C59H54N3OPt-. The summed E-state index contributed by atoms with van der Waals surface area (Å²) in [6.07, 6.45) is 1.89. The fourth-order valence-corrected chi connectivity index (χ4v) is 8.51. The van der Waals surface area contributed by atoms with E-state index in [1.165, 1.54) is 11.1 Å². The van der Waals surface area contributed by atoms with Crippen LogP contribution in [-0.4, -0.2) is 19.6 Å².